The average Bonchev–Trinajstić information content (AvgIpc) is 2.71. The van der Waals surface area contributed by atoms with Gasteiger partial charge in [-0.1, -0.05) is 92.7 Å². The molecule has 26 heavy (non-hydrogen) atoms. The number of rotatable bonds is 5. The number of aryl methyl sites for hydroxylation is 1. The molecular weight excluding hydrogens is 318 g/mol. The van der Waals surface area contributed by atoms with E-state index in [0.717, 1.165) is 24.8 Å². The van der Waals surface area contributed by atoms with Crippen LogP contribution < -0.4 is 5.73 Å². The highest BCUT2D eigenvalue weighted by Crippen LogP contribution is 2.25. The maximum absolute atomic E-state index is 12.3. The van der Waals surface area contributed by atoms with Crippen molar-refractivity contribution in [3.63, 3.8) is 0 Å². The van der Waals surface area contributed by atoms with E-state index in [2.05, 4.69) is 30.4 Å². The van der Waals surface area contributed by atoms with E-state index in [4.69, 9.17) is 5.73 Å². The lowest BCUT2D eigenvalue weighted by Gasteiger charge is -2.25. The fourth-order valence-corrected chi connectivity index (χ4v) is 2.63. The number of fused-ring (bicyclic) bond motifs is 1. The van der Waals surface area contributed by atoms with Gasteiger partial charge in [0.25, 0.3) is 0 Å². The van der Waals surface area contributed by atoms with E-state index >= 15 is 0 Å². The second-order valence-corrected chi connectivity index (χ2v) is 6.39. The van der Waals surface area contributed by atoms with Crippen molar-refractivity contribution in [2.45, 2.75) is 94.0 Å². The molecule has 0 amide bonds. The molecule has 1 aromatic carbocycles. The lowest BCUT2D eigenvalue weighted by molar-refractivity contribution is -0.128. The van der Waals surface area contributed by atoms with Crippen LogP contribution in [-0.2, 0) is 17.6 Å². The van der Waals surface area contributed by atoms with Gasteiger partial charge in [-0.15, -0.1) is 0 Å². The minimum absolute atomic E-state index is 0. The summed E-state index contributed by atoms with van der Waals surface area (Å²) >= 11 is 0. The van der Waals surface area contributed by atoms with Gasteiger partial charge in [0.15, 0.2) is 5.78 Å². The molecule has 1 aliphatic carbocycles. The van der Waals surface area contributed by atoms with Gasteiger partial charge in [0.1, 0.15) is 0 Å². The summed E-state index contributed by atoms with van der Waals surface area (Å²) in [4.78, 5) is 12.3. The first-order valence-electron chi connectivity index (χ1n) is 10.5. The molecule has 2 heteroatoms. The van der Waals surface area contributed by atoms with Crippen LogP contribution in [0.1, 0.15) is 93.3 Å². The topological polar surface area (TPSA) is 43.1 Å². The lowest BCUT2D eigenvalue weighted by Crippen LogP contribution is -2.41. The Morgan fingerprint density at radius 3 is 2.27 bits per heavy atom. The molecule has 0 heterocycles. The molecule has 2 nitrogen and oxygen atoms in total. The summed E-state index contributed by atoms with van der Waals surface area (Å²) < 4.78 is 0. The van der Waals surface area contributed by atoms with Crippen LogP contribution in [0.15, 0.2) is 24.3 Å². The summed E-state index contributed by atoms with van der Waals surface area (Å²) in [5.41, 5.74) is 9.62. The monoisotopic (exact) mass is 363 g/mol. The van der Waals surface area contributed by atoms with Crippen LogP contribution in [0.2, 0.25) is 0 Å². The second-order valence-electron chi connectivity index (χ2n) is 6.39. The van der Waals surface area contributed by atoms with Gasteiger partial charge in [0.05, 0.1) is 6.04 Å². The number of allylic oxidation sites excluding steroid dienone is 1. The highest BCUT2D eigenvalue weighted by Gasteiger charge is 2.30. The molecule has 0 radical (unpaired) electrons. The van der Waals surface area contributed by atoms with Gasteiger partial charge in [-0.25, -0.2) is 0 Å². The fraction of sp³-hybridized carbons (Fsp3) is 0.625. The van der Waals surface area contributed by atoms with Crippen molar-refractivity contribution in [2.24, 2.45) is 11.1 Å². The molecule has 0 fully saturated rings. The predicted molar refractivity (Wildman–Crippen MR) is 121 cm³/mol. The summed E-state index contributed by atoms with van der Waals surface area (Å²) in [5, 5.41) is 0. The van der Waals surface area contributed by atoms with Crippen LogP contribution in [0.5, 0.6) is 0 Å². The average molecular weight is 364 g/mol. The number of hydrogen-bond donors (Lipinski definition) is 1. The molecule has 1 atom stereocenters. The molecule has 2 N–H and O–H groups in total. The molecule has 1 unspecified atom stereocenters. The second kappa shape index (κ2) is 14.7. The largest absolute Gasteiger partial charge is 0.321 e. The van der Waals surface area contributed by atoms with E-state index in [-0.39, 0.29) is 12.6 Å². The van der Waals surface area contributed by atoms with Crippen molar-refractivity contribution in [1.82, 2.24) is 0 Å². The van der Waals surface area contributed by atoms with E-state index < -0.39 is 6.04 Å². The summed E-state index contributed by atoms with van der Waals surface area (Å²) in [6.07, 6.45) is 8.06. The SMILES string of the molecule is CC.CC.CC.CCC(C)(C)C(=O)C(N)Cc1ccc2c(c1)C=CCC2.[HH]. The molecular formula is C24H45NO. The highest BCUT2D eigenvalue weighted by atomic mass is 16.1. The van der Waals surface area contributed by atoms with E-state index in [1.807, 2.05) is 62.3 Å². The van der Waals surface area contributed by atoms with Crippen LogP contribution in [0, 0.1) is 5.41 Å². The molecule has 0 bridgehead atoms. The van der Waals surface area contributed by atoms with Crippen LogP contribution >= 0.6 is 0 Å². The van der Waals surface area contributed by atoms with Gasteiger partial charge in [-0.05, 0) is 42.4 Å². The molecule has 1 aliphatic rings. The smallest absolute Gasteiger partial charge is 0.155 e. The molecule has 0 aliphatic heterocycles. The third-order valence-electron chi connectivity index (χ3n) is 4.43. The number of nitrogens with two attached hydrogens (primary N) is 1. The number of ketones is 1. The van der Waals surface area contributed by atoms with Gasteiger partial charge >= 0.3 is 0 Å². The molecule has 0 aromatic heterocycles. The maximum atomic E-state index is 12.3. The highest BCUT2D eigenvalue weighted by molar-refractivity contribution is 5.89. The molecule has 0 saturated heterocycles. The van der Waals surface area contributed by atoms with Crippen LogP contribution in [0.4, 0.5) is 0 Å². The minimum atomic E-state index is -0.407. The Balaban J connectivity index is -0.000000749. The number of hydrogen-bond acceptors (Lipinski definition) is 2. The van der Waals surface area contributed by atoms with Gasteiger partial charge in [0.2, 0.25) is 0 Å². The normalized spacial score (nSPS) is 12.8. The Kier molecular flexibility index (Phi) is 15.2. The van der Waals surface area contributed by atoms with Crippen molar-refractivity contribution in [3.05, 3.63) is 41.0 Å². The number of benzene rings is 1. The van der Waals surface area contributed by atoms with Gasteiger partial charge < -0.3 is 5.73 Å². The fourth-order valence-electron chi connectivity index (χ4n) is 2.63. The Hall–Kier alpha value is -1.41. The van der Waals surface area contributed by atoms with E-state index in [1.165, 1.54) is 11.1 Å². The summed E-state index contributed by atoms with van der Waals surface area (Å²) in [5.74, 6) is 0.160. The molecule has 0 saturated carbocycles. The van der Waals surface area contributed by atoms with E-state index in [9.17, 15) is 4.79 Å². The molecule has 1 aromatic rings. The van der Waals surface area contributed by atoms with Crippen LogP contribution in [0.3, 0.4) is 0 Å². The van der Waals surface area contributed by atoms with Crippen molar-refractivity contribution in [3.8, 4) is 0 Å². The molecule has 152 valence electrons. The molecule has 2 rings (SSSR count). The third-order valence-corrected chi connectivity index (χ3v) is 4.43. The number of Topliss-reactive ketones (excluding diaryl/α,β-unsaturated/α-hetero) is 1. The zero-order valence-electron chi connectivity index (χ0n) is 18.8. The Morgan fingerprint density at radius 1 is 1.15 bits per heavy atom. The Labute approximate surface area is 164 Å². The van der Waals surface area contributed by atoms with Crippen LogP contribution in [-0.4, -0.2) is 11.8 Å². The number of carbonyl (C=O) groups excluding carboxylic acids is 1. The zero-order chi connectivity index (χ0) is 20.8. The third kappa shape index (κ3) is 8.31. The Morgan fingerprint density at radius 2 is 1.73 bits per heavy atom. The van der Waals surface area contributed by atoms with E-state index in [1.54, 1.807) is 0 Å². The van der Waals surface area contributed by atoms with Gasteiger partial charge in [-0.3, -0.25) is 4.79 Å². The van der Waals surface area contributed by atoms with Gasteiger partial charge in [-0.2, -0.15) is 0 Å². The first-order valence-corrected chi connectivity index (χ1v) is 10.5. The number of carbonyl (C=O) groups is 1. The van der Waals surface area contributed by atoms with Crippen molar-refractivity contribution in [2.75, 3.05) is 0 Å². The quantitative estimate of drug-likeness (QED) is 0.622. The minimum Gasteiger partial charge on any atom is -0.321 e. The standard InChI is InChI=1S/C18H25NO.3C2H6.H2/c1-4-18(2,3)17(20)16(19)12-13-9-10-14-7-5-6-8-15(14)11-13;3*1-2;/h6,8-11,16H,4-5,7,12,19H2,1-3H3;3*1-2H3;1H. The predicted octanol–water partition coefficient (Wildman–Crippen LogP) is 6.85. The van der Waals surface area contributed by atoms with Crippen LogP contribution in [0.25, 0.3) is 6.08 Å². The maximum Gasteiger partial charge on any atom is 0.155 e. The summed E-state index contributed by atoms with van der Waals surface area (Å²) in [6.45, 7) is 18.0. The summed E-state index contributed by atoms with van der Waals surface area (Å²) in [6, 6.07) is 6.06. The van der Waals surface area contributed by atoms with Crippen molar-refractivity contribution in [1.29, 1.82) is 0 Å². The Bertz CT molecular complexity index is 535. The lowest BCUT2D eigenvalue weighted by atomic mass is 9.80. The van der Waals surface area contributed by atoms with Crippen molar-refractivity contribution < 1.29 is 6.22 Å². The first kappa shape index (κ1) is 26.8. The zero-order valence-corrected chi connectivity index (χ0v) is 18.8. The first-order chi connectivity index (χ1) is 12.4. The summed E-state index contributed by atoms with van der Waals surface area (Å²) in [7, 11) is 0. The van der Waals surface area contributed by atoms with Crippen molar-refractivity contribution >= 4 is 11.9 Å². The van der Waals surface area contributed by atoms with E-state index in [0.29, 0.717) is 6.42 Å². The van der Waals surface area contributed by atoms with Gasteiger partial charge in [0, 0.05) is 6.84 Å². The molecule has 0 spiro atoms.